The molecule has 0 spiro atoms. The van der Waals surface area contributed by atoms with Crippen molar-refractivity contribution >= 4 is 44.9 Å². The fourth-order valence-electron chi connectivity index (χ4n) is 2.68. The maximum absolute atomic E-state index is 13.0. The minimum Gasteiger partial charge on any atom is -0.325 e. The van der Waals surface area contributed by atoms with E-state index in [2.05, 4.69) is 16.9 Å². The minimum absolute atomic E-state index is 0.125. The number of amides is 1. The summed E-state index contributed by atoms with van der Waals surface area (Å²) in [7, 11) is 0. The molecule has 146 valence electrons. The lowest BCUT2D eigenvalue weighted by molar-refractivity contribution is -0.115. The molecule has 2 aromatic heterocycles. The van der Waals surface area contributed by atoms with Gasteiger partial charge in [-0.05, 0) is 50.6 Å². The number of aromatic nitrogens is 2. The van der Waals surface area contributed by atoms with Crippen LogP contribution in [0.15, 0.2) is 46.9 Å². The molecule has 1 amide bonds. The van der Waals surface area contributed by atoms with E-state index in [0.717, 1.165) is 10.4 Å². The van der Waals surface area contributed by atoms with Gasteiger partial charge in [0.05, 0.1) is 10.6 Å². The summed E-state index contributed by atoms with van der Waals surface area (Å²) < 4.78 is 14.6. The van der Waals surface area contributed by atoms with E-state index in [-0.39, 0.29) is 17.3 Å². The van der Waals surface area contributed by atoms with E-state index in [1.54, 1.807) is 17.6 Å². The quantitative estimate of drug-likeness (QED) is 0.364. The van der Waals surface area contributed by atoms with Crippen LogP contribution in [0.2, 0.25) is 0 Å². The number of rotatable bonds is 6. The predicted octanol–water partition coefficient (Wildman–Crippen LogP) is 4.52. The molecule has 0 radical (unpaired) electrons. The number of carbonyl (C=O) groups excluding carboxylic acids is 1. The molecule has 1 atom stereocenters. The zero-order valence-corrected chi connectivity index (χ0v) is 17.4. The van der Waals surface area contributed by atoms with Gasteiger partial charge in [-0.1, -0.05) is 17.8 Å². The van der Waals surface area contributed by atoms with Crippen molar-refractivity contribution in [2.24, 2.45) is 0 Å². The Morgan fingerprint density at radius 2 is 2.07 bits per heavy atom. The first-order chi connectivity index (χ1) is 13.3. The summed E-state index contributed by atoms with van der Waals surface area (Å²) in [6.07, 6.45) is 1.64. The maximum atomic E-state index is 13.0. The van der Waals surface area contributed by atoms with Gasteiger partial charge in [0.1, 0.15) is 10.6 Å². The Morgan fingerprint density at radius 1 is 1.39 bits per heavy atom. The number of anilines is 1. The molecule has 0 saturated carbocycles. The molecule has 8 heteroatoms. The van der Waals surface area contributed by atoms with E-state index in [4.69, 9.17) is 0 Å². The van der Waals surface area contributed by atoms with Crippen molar-refractivity contribution in [3.63, 3.8) is 0 Å². The highest BCUT2D eigenvalue weighted by atomic mass is 32.2. The second-order valence-electron chi connectivity index (χ2n) is 6.32. The van der Waals surface area contributed by atoms with Crippen LogP contribution in [-0.4, -0.2) is 20.7 Å². The Balaban J connectivity index is 1.90. The van der Waals surface area contributed by atoms with Gasteiger partial charge in [-0.2, -0.15) is 0 Å². The van der Waals surface area contributed by atoms with E-state index < -0.39 is 5.25 Å². The van der Waals surface area contributed by atoms with Crippen molar-refractivity contribution < 1.29 is 9.18 Å². The number of fused-ring (bicyclic) bond motifs is 1. The monoisotopic (exact) mass is 417 g/mol. The highest BCUT2D eigenvalue weighted by Gasteiger charge is 2.21. The fraction of sp³-hybridized carbons (Fsp3) is 0.250. The number of allylic oxidation sites excluding steroid dienone is 1. The highest BCUT2D eigenvalue weighted by Crippen LogP contribution is 2.30. The van der Waals surface area contributed by atoms with Gasteiger partial charge in [-0.3, -0.25) is 14.2 Å². The van der Waals surface area contributed by atoms with Crippen molar-refractivity contribution in [3.05, 3.63) is 63.5 Å². The van der Waals surface area contributed by atoms with Gasteiger partial charge < -0.3 is 5.32 Å². The lowest BCUT2D eigenvalue weighted by atomic mass is 10.2. The Bertz CT molecular complexity index is 1100. The zero-order valence-electron chi connectivity index (χ0n) is 15.8. The van der Waals surface area contributed by atoms with Crippen LogP contribution in [0, 0.1) is 19.7 Å². The van der Waals surface area contributed by atoms with E-state index >= 15 is 0 Å². The van der Waals surface area contributed by atoms with Gasteiger partial charge in [0.15, 0.2) is 5.16 Å². The number of aryl methyl sites for hydroxylation is 2. The Morgan fingerprint density at radius 3 is 2.71 bits per heavy atom. The molecule has 0 aliphatic rings. The molecule has 0 bridgehead atoms. The van der Waals surface area contributed by atoms with E-state index in [1.807, 2.05) is 13.8 Å². The van der Waals surface area contributed by atoms with Crippen LogP contribution >= 0.6 is 23.1 Å². The number of benzene rings is 1. The summed E-state index contributed by atoms with van der Waals surface area (Å²) in [5.74, 6) is -0.623. The lowest BCUT2D eigenvalue weighted by Crippen LogP contribution is -2.26. The van der Waals surface area contributed by atoms with Crippen LogP contribution in [0.1, 0.15) is 17.4 Å². The molecule has 0 fully saturated rings. The van der Waals surface area contributed by atoms with Crippen LogP contribution in [0.4, 0.5) is 10.1 Å². The fourth-order valence-corrected chi connectivity index (χ4v) is 4.67. The average molecular weight is 418 g/mol. The predicted molar refractivity (Wildman–Crippen MR) is 114 cm³/mol. The molecule has 2 heterocycles. The molecule has 3 aromatic rings. The first-order valence-corrected chi connectivity index (χ1v) is 10.4. The van der Waals surface area contributed by atoms with Gasteiger partial charge in [-0.15, -0.1) is 17.9 Å². The van der Waals surface area contributed by atoms with Gasteiger partial charge in [0.2, 0.25) is 5.91 Å². The van der Waals surface area contributed by atoms with Crippen LogP contribution in [0.25, 0.3) is 10.2 Å². The number of nitrogens with one attached hydrogen (secondary N) is 1. The van der Waals surface area contributed by atoms with Crippen LogP contribution < -0.4 is 10.9 Å². The second-order valence-corrected chi connectivity index (χ2v) is 8.83. The number of nitrogens with zero attached hydrogens (tertiary/aromatic N) is 2. The maximum Gasteiger partial charge on any atom is 0.263 e. The third-order valence-corrected chi connectivity index (χ3v) is 6.52. The molecule has 0 saturated heterocycles. The molecule has 1 aromatic carbocycles. The topological polar surface area (TPSA) is 64.0 Å². The van der Waals surface area contributed by atoms with E-state index in [1.165, 1.54) is 47.4 Å². The lowest BCUT2D eigenvalue weighted by Gasteiger charge is -2.15. The van der Waals surface area contributed by atoms with Crippen molar-refractivity contribution in [2.45, 2.75) is 37.7 Å². The van der Waals surface area contributed by atoms with Crippen LogP contribution in [-0.2, 0) is 11.3 Å². The molecular formula is C20H20FN3O2S2. The Hall–Kier alpha value is -2.45. The first-order valence-electron chi connectivity index (χ1n) is 8.66. The number of thioether (sulfide) groups is 1. The zero-order chi connectivity index (χ0) is 20.4. The van der Waals surface area contributed by atoms with Crippen LogP contribution in [0.5, 0.6) is 0 Å². The molecule has 5 nitrogen and oxygen atoms in total. The van der Waals surface area contributed by atoms with E-state index in [9.17, 15) is 14.0 Å². The van der Waals surface area contributed by atoms with Gasteiger partial charge in [0.25, 0.3) is 5.56 Å². The normalized spacial score (nSPS) is 12.1. The summed E-state index contributed by atoms with van der Waals surface area (Å²) in [6, 6.07) is 5.57. The Kier molecular flexibility index (Phi) is 6.00. The van der Waals surface area contributed by atoms with Crippen molar-refractivity contribution in [3.8, 4) is 0 Å². The largest absolute Gasteiger partial charge is 0.325 e. The number of hydrogen-bond donors (Lipinski definition) is 1. The molecule has 0 aliphatic carbocycles. The summed E-state index contributed by atoms with van der Waals surface area (Å²) in [6.45, 7) is 9.65. The summed E-state index contributed by atoms with van der Waals surface area (Å²) in [5.41, 5.74) is 1.32. The third kappa shape index (κ3) is 4.02. The molecule has 1 N–H and O–H groups in total. The van der Waals surface area contributed by atoms with Crippen LogP contribution in [0.3, 0.4) is 0 Å². The highest BCUT2D eigenvalue weighted by molar-refractivity contribution is 8.00. The summed E-state index contributed by atoms with van der Waals surface area (Å²) >= 11 is 2.68. The summed E-state index contributed by atoms with van der Waals surface area (Å²) in [4.78, 5) is 31.9. The van der Waals surface area contributed by atoms with E-state index in [0.29, 0.717) is 27.6 Å². The molecule has 3 rings (SSSR count). The summed E-state index contributed by atoms with van der Waals surface area (Å²) in [5, 5.41) is 3.33. The number of halogens is 1. The number of thiophene rings is 1. The van der Waals surface area contributed by atoms with Crippen molar-refractivity contribution in [1.29, 1.82) is 0 Å². The molecule has 28 heavy (non-hydrogen) atoms. The Labute approximate surface area is 170 Å². The average Bonchev–Trinajstić information content (AvgIpc) is 2.94. The minimum atomic E-state index is -0.507. The van der Waals surface area contributed by atoms with Gasteiger partial charge in [-0.25, -0.2) is 9.37 Å². The smallest absolute Gasteiger partial charge is 0.263 e. The number of carbonyl (C=O) groups is 1. The standard InChI is InChI=1S/C20H20FN3O2S2/c1-5-10-24-19(26)16-11(2)12(3)27-18(16)23-20(24)28-13(4)17(25)22-15-8-6-14(21)7-9-15/h5-9,13H,1,10H2,2-4H3,(H,22,25)/t13-/m0/s1. The number of hydrogen-bond acceptors (Lipinski definition) is 5. The van der Waals surface area contributed by atoms with Gasteiger partial charge in [0, 0.05) is 17.1 Å². The third-order valence-electron chi connectivity index (χ3n) is 4.33. The first kappa shape index (κ1) is 20.3. The van der Waals surface area contributed by atoms with Crippen molar-refractivity contribution in [2.75, 3.05) is 5.32 Å². The van der Waals surface area contributed by atoms with Crippen molar-refractivity contribution in [1.82, 2.24) is 9.55 Å². The molecule has 0 unspecified atom stereocenters. The molecular weight excluding hydrogens is 397 g/mol. The SMILES string of the molecule is C=CCn1c(S[C@@H](C)C(=O)Nc2ccc(F)cc2)nc2sc(C)c(C)c2c1=O. The molecule has 0 aliphatic heterocycles. The second kappa shape index (κ2) is 8.28. The van der Waals surface area contributed by atoms with Gasteiger partial charge >= 0.3 is 0 Å².